The molecule has 5 heteroatoms. The zero-order valence-electron chi connectivity index (χ0n) is 1.99. The molecule has 2 N–H and O–H groups in total. The second-order valence-corrected chi connectivity index (χ2v) is 0. The van der Waals surface area contributed by atoms with Gasteiger partial charge in [0.1, 0.15) is 0 Å². The van der Waals surface area contributed by atoms with Crippen LogP contribution in [-0.4, -0.2) is 5.48 Å². The molecule has 0 aromatic carbocycles. The zero-order valence-corrected chi connectivity index (χ0v) is 6.52. The summed E-state index contributed by atoms with van der Waals surface area (Å²) in [6.07, 6.45) is 0. The fraction of sp³-hybridized carbons (Fsp3) is 0. The summed E-state index contributed by atoms with van der Waals surface area (Å²) in [5.74, 6) is 0. The van der Waals surface area contributed by atoms with E-state index in [1.54, 1.807) is 0 Å². The molecule has 0 aliphatic rings. The van der Waals surface area contributed by atoms with E-state index in [0.717, 1.165) is 0 Å². The first-order chi connectivity index (χ1) is 0. The zero-order chi connectivity index (χ0) is 0. The molecule has 0 aromatic rings. The molecule has 0 rings (SSSR count). The molecule has 0 bridgehead atoms. The third kappa shape index (κ3) is 22.9. The van der Waals surface area contributed by atoms with Gasteiger partial charge in [0.2, 0.25) is 0 Å². The van der Waals surface area contributed by atoms with Crippen LogP contribution < -0.4 is 37.2 Å². The van der Waals surface area contributed by atoms with Crippen LogP contribution in [0.4, 0.5) is 0 Å². The van der Waals surface area contributed by atoms with Crippen molar-refractivity contribution in [3.63, 3.8) is 0 Å². The monoisotopic (exact) mass is 281 g/mol. The van der Waals surface area contributed by atoms with Crippen molar-refractivity contribution < 1.29 is 82.6 Å². The van der Waals surface area contributed by atoms with E-state index >= 15 is 0 Å². The molecule has 0 fully saturated rings. The number of hydrogen-bond donors (Lipinski definition) is 0. The average molecular weight is 282 g/mol. The number of hydrogen-bond acceptors (Lipinski definition) is 0. The summed E-state index contributed by atoms with van der Waals surface area (Å²) in [7, 11) is 0. The molecule has 0 atom stereocenters. The van der Waals surface area contributed by atoms with Crippen molar-refractivity contribution in [3.8, 4) is 0 Å². The minimum atomic E-state index is 0. The third-order valence-electron chi connectivity index (χ3n) is 0. The fourth-order valence-electron chi connectivity index (χ4n) is 0. The van der Waals surface area contributed by atoms with Crippen molar-refractivity contribution >= 4 is 0 Å². The largest absolute Gasteiger partial charge is 3.00 e. The maximum Gasteiger partial charge on any atom is 3.00 e. The van der Waals surface area contributed by atoms with Crippen molar-refractivity contribution in [1.82, 2.24) is 0 Å². The molecule has 0 heterocycles. The van der Waals surface area contributed by atoms with E-state index in [1.807, 2.05) is 0 Å². The van der Waals surface area contributed by atoms with Crippen LogP contribution in [0.3, 0.4) is 0 Å². The molecule has 1 radical (unpaired) electrons. The standard InChI is InChI=1S/3ClH.Gd.H2O/h3*1H;;1H2/q;;;+3;/p-3. The van der Waals surface area contributed by atoms with Gasteiger partial charge >= 0.3 is 39.9 Å². The normalized spacial score (nSPS) is 0. The Morgan fingerprint density at radius 2 is 0.600 bits per heavy atom. The molecule has 0 amide bonds. The van der Waals surface area contributed by atoms with Gasteiger partial charge in [-0.1, -0.05) is 0 Å². The van der Waals surface area contributed by atoms with Gasteiger partial charge in [-0.2, -0.15) is 0 Å². The van der Waals surface area contributed by atoms with Crippen LogP contribution in [0.5, 0.6) is 0 Å². The van der Waals surface area contributed by atoms with E-state index in [9.17, 15) is 0 Å². The maximum atomic E-state index is 0. The van der Waals surface area contributed by atoms with Gasteiger partial charge in [-0.15, -0.1) is 0 Å². The molecule has 5 heavy (non-hydrogen) atoms. The first-order valence-corrected chi connectivity index (χ1v) is 0. The second kappa shape index (κ2) is 35.2. The van der Waals surface area contributed by atoms with E-state index in [1.165, 1.54) is 0 Å². The van der Waals surface area contributed by atoms with Crippen molar-refractivity contribution in [2.24, 2.45) is 0 Å². The van der Waals surface area contributed by atoms with Gasteiger partial charge in [0.05, 0.1) is 0 Å². The Balaban J connectivity index is 0. The minimum Gasteiger partial charge on any atom is -1.00 e. The molecule has 0 spiro atoms. The van der Waals surface area contributed by atoms with Gasteiger partial charge in [-0.05, 0) is 0 Å². The SMILES string of the molecule is O.[Cl-].[Cl-].[Cl-].[Gd+3]. The van der Waals surface area contributed by atoms with Crippen LogP contribution in [0.25, 0.3) is 0 Å². The van der Waals surface area contributed by atoms with Crippen LogP contribution in [-0.2, 0) is 0 Å². The van der Waals surface area contributed by atoms with Crippen LogP contribution in [0.2, 0.25) is 0 Å². The summed E-state index contributed by atoms with van der Waals surface area (Å²) in [5, 5.41) is 0. The smallest absolute Gasteiger partial charge is 1.00 e. The summed E-state index contributed by atoms with van der Waals surface area (Å²) in [6, 6.07) is 0. The summed E-state index contributed by atoms with van der Waals surface area (Å²) >= 11 is 0. The molecule has 0 aliphatic carbocycles. The molecule has 0 saturated heterocycles. The molecule has 0 saturated carbocycles. The quantitative estimate of drug-likeness (QED) is 0.422. The Morgan fingerprint density at radius 1 is 0.600 bits per heavy atom. The van der Waals surface area contributed by atoms with Gasteiger partial charge in [0.25, 0.3) is 0 Å². The summed E-state index contributed by atoms with van der Waals surface area (Å²) in [6.45, 7) is 0. The topological polar surface area (TPSA) is 31.5 Å². The van der Waals surface area contributed by atoms with Gasteiger partial charge in [-0.25, -0.2) is 0 Å². The predicted molar refractivity (Wildman–Crippen MR) is 3.61 cm³/mol. The van der Waals surface area contributed by atoms with Gasteiger partial charge in [0, 0.05) is 0 Å². The molecule has 0 aromatic heterocycles. The molecule has 0 unspecified atom stereocenters. The van der Waals surface area contributed by atoms with E-state index in [4.69, 9.17) is 0 Å². The Labute approximate surface area is 81.5 Å². The van der Waals surface area contributed by atoms with Gasteiger partial charge in [-0.3, -0.25) is 0 Å². The van der Waals surface area contributed by atoms with Crippen molar-refractivity contribution in [3.05, 3.63) is 0 Å². The van der Waals surface area contributed by atoms with E-state index in [-0.39, 0.29) is 82.6 Å². The van der Waals surface area contributed by atoms with Crippen molar-refractivity contribution in [1.29, 1.82) is 0 Å². The summed E-state index contributed by atoms with van der Waals surface area (Å²) in [5.41, 5.74) is 0. The van der Waals surface area contributed by atoms with E-state index in [0.29, 0.717) is 0 Å². The van der Waals surface area contributed by atoms with Gasteiger partial charge in [0.15, 0.2) is 0 Å². The molecular weight excluding hydrogens is 280 g/mol. The molecule has 1 nitrogen and oxygen atoms in total. The Bertz CT molecular complexity index is 6.85. The molecule has 37 valence electrons. The summed E-state index contributed by atoms with van der Waals surface area (Å²) in [4.78, 5) is 0. The van der Waals surface area contributed by atoms with Gasteiger partial charge < -0.3 is 42.7 Å². The minimum absolute atomic E-state index is 0. The van der Waals surface area contributed by atoms with E-state index in [2.05, 4.69) is 0 Å². The van der Waals surface area contributed by atoms with Crippen LogP contribution >= 0.6 is 0 Å². The Kier molecular flexibility index (Phi) is 411. The maximum absolute atomic E-state index is 0. The molecule has 0 aliphatic heterocycles. The fourth-order valence-corrected chi connectivity index (χ4v) is 0. The average Bonchev–Trinajstić information content (AvgIpc) is 0. The van der Waals surface area contributed by atoms with Crippen LogP contribution in [0, 0.1) is 39.9 Å². The van der Waals surface area contributed by atoms with Crippen LogP contribution in [0.15, 0.2) is 0 Å². The molecular formula is H2Cl3GdO. The van der Waals surface area contributed by atoms with Crippen LogP contribution in [0.1, 0.15) is 0 Å². The Hall–Kier alpha value is 2.15. The van der Waals surface area contributed by atoms with Crippen molar-refractivity contribution in [2.45, 2.75) is 0 Å². The Morgan fingerprint density at radius 3 is 0.600 bits per heavy atom. The first-order valence-electron chi connectivity index (χ1n) is 0. The third-order valence-corrected chi connectivity index (χ3v) is 0. The van der Waals surface area contributed by atoms with E-state index < -0.39 is 0 Å². The summed E-state index contributed by atoms with van der Waals surface area (Å²) < 4.78 is 0. The predicted octanol–water partition coefficient (Wildman–Crippen LogP) is -9.81. The van der Waals surface area contributed by atoms with Crippen molar-refractivity contribution in [2.75, 3.05) is 0 Å². The number of halogens is 3. The number of rotatable bonds is 0. The second-order valence-electron chi connectivity index (χ2n) is 0. The first kappa shape index (κ1) is 58.4.